The standard InChI is InChI=1S/C19H31N/c1-4-5-11-19(17-9-7-6-8-10-17)20-18-13-15(2)12-16(3)14-18/h6-10,15-16,18-20H,4-5,11-14H2,1-3H3. The second kappa shape index (κ2) is 7.83. The van der Waals surface area contributed by atoms with Crippen LogP contribution in [0.3, 0.4) is 0 Å². The SMILES string of the molecule is CCCCC(NC1CC(C)CC(C)C1)c1ccccc1. The Morgan fingerprint density at radius 3 is 2.30 bits per heavy atom. The number of hydrogen-bond donors (Lipinski definition) is 1. The van der Waals surface area contributed by atoms with Crippen molar-refractivity contribution in [1.29, 1.82) is 0 Å². The predicted molar refractivity (Wildman–Crippen MR) is 87.8 cm³/mol. The molecule has 20 heavy (non-hydrogen) atoms. The molecular weight excluding hydrogens is 242 g/mol. The summed E-state index contributed by atoms with van der Waals surface area (Å²) >= 11 is 0. The Bertz CT molecular complexity index is 363. The van der Waals surface area contributed by atoms with Gasteiger partial charge in [0, 0.05) is 12.1 Å². The first-order valence-electron chi connectivity index (χ1n) is 8.50. The van der Waals surface area contributed by atoms with Gasteiger partial charge in [0.05, 0.1) is 0 Å². The van der Waals surface area contributed by atoms with Crippen molar-refractivity contribution in [2.24, 2.45) is 11.8 Å². The molecule has 1 heteroatoms. The van der Waals surface area contributed by atoms with Crippen molar-refractivity contribution in [2.75, 3.05) is 0 Å². The highest BCUT2D eigenvalue weighted by molar-refractivity contribution is 5.19. The predicted octanol–water partition coefficient (Wildman–Crippen LogP) is 5.33. The van der Waals surface area contributed by atoms with Crippen molar-refractivity contribution in [1.82, 2.24) is 5.32 Å². The largest absolute Gasteiger partial charge is 0.307 e. The molecule has 1 aromatic carbocycles. The van der Waals surface area contributed by atoms with E-state index in [-0.39, 0.29) is 0 Å². The third-order valence-corrected chi connectivity index (χ3v) is 4.66. The topological polar surface area (TPSA) is 12.0 Å². The van der Waals surface area contributed by atoms with Crippen molar-refractivity contribution < 1.29 is 0 Å². The zero-order valence-corrected chi connectivity index (χ0v) is 13.4. The minimum Gasteiger partial charge on any atom is -0.307 e. The van der Waals surface area contributed by atoms with E-state index in [1.807, 2.05) is 0 Å². The zero-order valence-electron chi connectivity index (χ0n) is 13.4. The summed E-state index contributed by atoms with van der Waals surface area (Å²) in [7, 11) is 0. The third-order valence-electron chi connectivity index (χ3n) is 4.66. The molecular formula is C19H31N. The first-order chi connectivity index (χ1) is 9.69. The first kappa shape index (κ1) is 15.6. The minimum atomic E-state index is 0.540. The highest BCUT2D eigenvalue weighted by atomic mass is 15.0. The van der Waals surface area contributed by atoms with E-state index in [9.17, 15) is 0 Å². The molecule has 0 amide bonds. The maximum Gasteiger partial charge on any atom is 0.0322 e. The molecule has 0 bridgehead atoms. The van der Waals surface area contributed by atoms with Gasteiger partial charge in [-0.1, -0.05) is 63.9 Å². The van der Waals surface area contributed by atoms with Crippen LogP contribution in [0, 0.1) is 11.8 Å². The molecule has 0 saturated heterocycles. The van der Waals surface area contributed by atoms with E-state index in [1.54, 1.807) is 0 Å². The number of nitrogens with one attached hydrogen (secondary N) is 1. The summed E-state index contributed by atoms with van der Waals surface area (Å²) in [6, 6.07) is 12.3. The van der Waals surface area contributed by atoms with E-state index in [0.717, 1.165) is 11.8 Å². The lowest BCUT2D eigenvalue weighted by molar-refractivity contribution is 0.222. The van der Waals surface area contributed by atoms with Gasteiger partial charge in [0.25, 0.3) is 0 Å². The molecule has 1 fully saturated rings. The fourth-order valence-electron chi connectivity index (χ4n) is 3.81. The summed E-state index contributed by atoms with van der Waals surface area (Å²) in [4.78, 5) is 0. The van der Waals surface area contributed by atoms with Gasteiger partial charge < -0.3 is 5.32 Å². The molecule has 1 nitrogen and oxygen atoms in total. The van der Waals surface area contributed by atoms with Crippen LogP contribution in [0.25, 0.3) is 0 Å². The van der Waals surface area contributed by atoms with Gasteiger partial charge in [-0.25, -0.2) is 0 Å². The maximum absolute atomic E-state index is 3.97. The number of rotatable bonds is 6. The summed E-state index contributed by atoms with van der Waals surface area (Å²) in [5, 5.41) is 3.97. The van der Waals surface area contributed by atoms with Crippen LogP contribution in [0.4, 0.5) is 0 Å². The Kier molecular flexibility index (Phi) is 6.09. The molecule has 0 aromatic heterocycles. The van der Waals surface area contributed by atoms with Gasteiger partial charge in [0.15, 0.2) is 0 Å². The van der Waals surface area contributed by atoms with Gasteiger partial charge in [0.2, 0.25) is 0 Å². The Hall–Kier alpha value is -0.820. The number of unbranched alkanes of at least 4 members (excludes halogenated alkanes) is 1. The van der Waals surface area contributed by atoms with Crippen molar-refractivity contribution >= 4 is 0 Å². The van der Waals surface area contributed by atoms with Gasteiger partial charge in [0.1, 0.15) is 0 Å². The van der Waals surface area contributed by atoms with Crippen molar-refractivity contribution in [3.05, 3.63) is 35.9 Å². The lowest BCUT2D eigenvalue weighted by Crippen LogP contribution is -2.38. The van der Waals surface area contributed by atoms with Crippen LogP contribution < -0.4 is 5.32 Å². The van der Waals surface area contributed by atoms with Gasteiger partial charge in [-0.15, -0.1) is 0 Å². The van der Waals surface area contributed by atoms with Crippen LogP contribution in [-0.4, -0.2) is 6.04 Å². The Balaban J connectivity index is 2.00. The molecule has 3 unspecified atom stereocenters. The summed E-state index contributed by atoms with van der Waals surface area (Å²) in [6.45, 7) is 7.11. The Labute approximate surface area is 125 Å². The van der Waals surface area contributed by atoms with Crippen LogP contribution in [0.2, 0.25) is 0 Å². The first-order valence-corrected chi connectivity index (χ1v) is 8.50. The van der Waals surface area contributed by atoms with E-state index in [2.05, 4.69) is 56.4 Å². The quantitative estimate of drug-likeness (QED) is 0.738. The van der Waals surface area contributed by atoms with Crippen molar-refractivity contribution in [2.45, 2.75) is 71.4 Å². The molecule has 112 valence electrons. The molecule has 0 heterocycles. The van der Waals surface area contributed by atoms with Crippen LogP contribution in [0.15, 0.2) is 30.3 Å². The average molecular weight is 273 g/mol. The molecule has 0 spiro atoms. The Morgan fingerprint density at radius 2 is 1.70 bits per heavy atom. The lowest BCUT2D eigenvalue weighted by Gasteiger charge is -2.35. The molecule has 3 atom stereocenters. The number of hydrogen-bond acceptors (Lipinski definition) is 1. The Morgan fingerprint density at radius 1 is 1.05 bits per heavy atom. The summed E-state index contributed by atoms with van der Waals surface area (Å²) in [6.07, 6.45) is 7.95. The summed E-state index contributed by atoms with van der Waals surface area (Å²) in [5.41, 5.74) is 1.46. The second-order valence-corrected chi connectivity index (χ2v) is 6.89. The van der Waals surface area contributed by atoms with E-state index < -0.39 is 0 Å². The van der Waals surface area contributed by atoms with E-state index in [1.165, 1.54) is 44.1 Å². The lowest BCUT2D eigenvalue weighted by atomic mass is 9.80. The van der Waals surface area contributed by atoms with Crippen LogP contribution in [0.5, 0.6) is 0 Å². The monoisotopic (exact) mass is 273 g/mol. The number of benzene rings is 1. The highest BCUT2D eigenvalue weighted by Gasteiger charge is 2.25. The molecule has 1 aliphatic rings. The molecule has 1 N–H and O–H groups in total. The van der Waals surface area contributed by atoms with Gasteiger partial charge in [-0.2, -0.15) is 0 Å². The third kappa shape index (κ3) is 4.63. The molecule has 1 aliphatic carbocycles. The van der Waals surface area contributed by atoms with Crippen molar-refractivity contribution in [3.8, 4) is 0 Å². The minimum absolute atomic E-state index is 0.540. The fourth-order valence-corrected chi connectivity index (χ4v) is 3.81. The molecule has 2 rings (SSSR count). The van der Waals surface area contributed by atoms with Crippen molar-refractivity contribution in [3.63, 3.8) is 0 Å². The maximum atomic E-state index is 3.97. The molecule has 0 aliphatic heterocycles. The molecule has 1 saturated carbocycles. The van der Waals surface area contributed by atoms with E-state index in [4.69, 9.17) is 0 Å². The van der Waals surface area contributed by atoms with E-state index >= 15 is 0 Å². The fraction of sp³-hybridized carbons (Fsp3) is 0.684. The van der Waals surface area contributed by atoms with E-state index in [0.29, 0.717) is 12.1 Å². The normalized spacial score (nSPS) is 28.2. The average Bonchev–Trinajstić information content (AvgIpc) is 2.43. The van der Waals surface area contributed by atoms with Gasteiger partial charge in [-0.05, 0) is 43.1 Å². The van der Waals surface area contributed by atoms with Crippen LogP contribution in [0.1, 0.15) is 70.9 Å². The molecule has 0 radical (unpaired) electrons. The molecule has 1 aromatic rings. The highest BCUT2D eigenvalue weighted by Crippen LogP contribution is 2.31. The zero-order chi connectivity index (χ0) is 14.4. The van der Waals surface area contributed by atoms with Gasteiger partial charge in [-0.3, -0.25) is 0 Å². The second-order valence-electron chi connectivity index (χ2n) is 6.89. The van der Waals surface area contributed by atoms with Gasteiger partial charge >= 0.3 is 0 Å². The smallest absolute Gasteiger partial charge is 0.0322 e. The van der Waals surface area contributed by atoms with Crippen LogP contribution >= 0.6 is 0 Å². The van der Waals surface area contributed by atoms with Crippen LogP contribution in [-0.2, 0) is 0 Å². The summed E-state index contributed by atoms with van der Waals surface area (Å²) < 4.78 is 0. The summed E-state index contributed by atoms with van der Waals surface area (Å²) in [5.74, 6) is 1.75.